The molecule has 0 bridgehead atoms. The molecule has 0 radical (unpaired) electrons. The fraction of sp³-hybridized carbons (Fsp3) is 0.250. The number of piperazine rings is 1. The molecule has 2 aromatic rings. The molecule has 2 N–H and O–H groups in total. The van der Waals surface area contributed by atoms with E-state index in [4.69, 9.17) is 11.0 Å². The highest BCUT2D eigenvalue weighted by Gasteiger charge is 2.19. The first-order valence-corrected chi connectivity index (χ1v) is 6.99. The van der Waals surface area contributed by atoms with Crippen molar-refractivity contribution in [2.75, 3.05) is 41.7 Å². The van der Waals surface area contributed by atoms with Gasteiger partial charge in [-0.2, -0.15) is 5.26 Å². The van der Waals surface area contributed by atoms with E-state index < -0.39 is 0 Å². The van der Waals surface area contributed by atoms with E-state index >= 15 is 0 Å². The smallest absolute Gasteiger partial charge is 0.142 e. The van der Waals surface area contributed by atoms with Gasteiger partial charge in [-0.25, -0.2) is 4.98 Å². The highest BCUT2D eigenvalue weighted by atomic mass is 15.3. The summed E-state index contributed by atoms with van der Waals surface area (Å²) in [5.74, 6) is 0.870. The fourth-order valence-corrected chi connectivity index (χ4v) is 2.61. The molecule has 1 aromatic heterocycles. The third-order valence-electron chi connectivity index (χ3n) is 3.73. The van der Waals surface area contributed by atoms with Gasteiger partial charge >= 0.3 is 0 Å². The molecule has 0 atom stereocenters. The zero-order valence-electron chi connectivity index (χ0n) is 11.7. The van der Waals surface area contributed by atoms with Crippen molar-refractivity contribution in [1.29, 1.82) is 5.26 Å². The van der Waals surface area contributed by atoms with Gasteiger partial charge in [-0.3, -0.25) is 0 Å². The Morgan fingerprint density at radius 2 is 1.67 bits per heavy atom. The van der Waals surface area contributed by atoms with Crippen molar-refractivity contribution in [3.63, 3.8) is 0 Å². The summed E-state index contributed by atoms with van der Waals surface area (Å²) in [6, 6.07) is 15.6. The Labute approximate surface area is 124 Å². The van der Waals surface area contributed by atoms with Crippen molar-refractivity contribution in [2.24, 2.45) is 0 Å². The molecule has 0 aliphatic carbocycles. The Balaban J connectivity index is 1.71. The number of hydrogen-bond donors (Lipinski definition) is 1. The Morgan fingerprint density at radius 1 is 0.952 bits per heavy atom. The fourth-order valence-electron chi connectivity index (χ4n) is 2.61. The van der Waals surface area contributed by atoms with E-state index in [0.717, 1.165) is 43.4 Å². The van der Waals surface area contributed by atoms with Crippen LogP contribution in [0.3, 0.4) is 0 Å². The number of nitrogens with two attached hydrogens (primary N) is 1. The van der Waals surface area contributed by atoms with E-state index in [1.165, 1.54) is 0 Å². The maximum Gasteiger partial charge on any atom is 0.142 e. The first kappa shape index (κ1) is 13.3. The van der Waals surface area contributed by atoms with Crippen LogP contribution in [0.15, 0.2) is 42.5 Å². The number of hydrogen-bond acceptors (Lipinski definition) is 5. The molecule has 1 aromatic carbocycles. The molecular weight excluding hydrogens is 262 g/mol. The lowest BCUT2D eigenvalue weighted by Gasteiger charge is -2.37. The number of anilines is 3. The molecule has 5 nitrogen and oxygen atoms in total. The highest BCUT2D eigenvalue weighted by molar-refractivity contribution is 5.67. The first-order valence-electron chi connectivity index (χ1n) is 6.99. The molecule has 1 aliphatic rings. The van der Waals surface area contributed by atoms with Crippen LogP contribution in [0, 0.1) is 11.3 Å². The van der Waals surface area contributed by atoms with Gasteiger partial charge in [0.25, 0.3) is 0 Å². The zero-order valence-corrected chi connectivity index (χ0v) is 11.7. The van der Waals surface area contributed by atoms with Crippen LogP contribution in [0.4, 0.5) is 17.2 Å². The predicted octanol–water partition coefficient (Wildman–Crippen LogP) is 1.86. The molecule has 21 heavy (non-hydrogen) atoms. The minimum atomic E-state index is 0.460. The quantitative estimate of drug-likeness (QED) is 0.850. The van der Waals surface area contributed by atoms with Gasteiger partial charge in [0.05, 0.1) is 11.4 Å². The minimum Gasteiger partial charge on any atom is -0.397 e. The van der Waals surface area contributed by atoms with Crippen LogP contribution < -0.4 is 15.5 Å². The predicted molar refractivity (Wildman–Crippen MR) is 84.2 cm³/mol. The number of rotatable bonds is 2. The van der Waals surface area contributed by atoms with Gasteiger partial charge in [-0.1, -0.05) is 18.2 Å². The van der Waals surface area contributed by atoms with Crippen molar-refractivity contribution < 1.29 is 0 Å². The molecule has 0 amide bonds. The summed E-state index contributed by atoms with van der Waals surface area (Å²) in [6.07, 6.45) is 0. The Kier molecular flexibility index (Phi) is 3.61. The maximum absolute atomic E-state index is 8.93. The summed E-state index contributed by atoms with van der Waals surface area (Å²) in [5, 5.41) is 8.93. The van der Waals surface area contributed by atoms with Gasteiger partial charge in [0.15, 0.2) is 0 Å². The molecule has 2 heterocycles. The average molecular weight is 279 g/mol. The standard InChI is InChI=1S/C16H17N5/c17-12-13-4-3-7-16(19-13)21-10-8-20(9-11-21)15-6-2-1-5-14(15)18/h1-7H,8-11,18H2. The molecule has 3 rings (SSSR count). The molecule has 0 unspecified atom stereocenters. The second kappa shape index (κ2) is 5.71. The van der Waals surface area contributed by atoms with Gasteiger partial charge < -0.3 is 15.5 Å². The summed E-state index contributed by atoms with van der Waals surface area (Å²) >= 11 is 0. The van der Waals surface area contributed by atoms with E-state index in [1.807, 2.05) is 30.3 Å². The van der Waals surface area contributed by atoms with Crippen molar-refractivity contribution in [2.45, 2.75) is 0 Å². The lowest BCUT2D eigenvalue weighted by molar-refractivity contribution is 0.648. The zero-order chi connectivity index (χ0) is 14.7. The second-order valence-electron chi connectivity index (χ2n) is 5.03. The number of pyridine rings is 1. The van der Waals surface area contributed by atoms with Crippen molar-refractivity contribution in [3.8, 4) is 6.07 Å². The van der Waals surface area contributed by atoms with Gasteiger partial charge in [-0.15, -0.1) is 0 Å². The third-order valence-corrected chi connectivity index (χ3v) is 3.73. The van der Waals surface area contributed by atoms with Crippen LogP contribution in [-0.2, 0) is 0 Å². The number of nitriles is 1. The normalized spacial score (nSPS) is 14.8. The van der Waals surface area contributed by atoms with Crippen molar-refractivity contribution >= 4 is 17.2 Å². The number of para-hydroxylation sites is 2. The van der Waals surface area contributed by atoms with Crippen molar-refractivity contribution in [1.82, 2.24) is 4.98 Å². The van der Waals surface area contributed by atoms with Gasteiger partial charge in [0.1, 0.15) is 17.6 Å². The van der Waals surface area contributed by atoms with Crippen molar-refractivity contribution in [3.05, 3.63) is 48.2 Å². The van der Waals surface area contributed by atoms with E-state index in [-0.39, 0.29) is 0 Å². The number of nitrogen functional groups attached to an aromatic ring is 1. The van der Waals surface area contributed by atoms with Gasteiger partial charge in [0, 0.05) is 26.2 Å². The highest BCUT2D eigenvalue weighted by Crippen LogP contribution is 2.24. The lowest BCUT2D eigenvalue weighted by Crippen LogP contribution is -2.47. The molecule has 0 spiro atoms. The molecule has 0 saturated carbocycles. The number of aromatic nitrogens is 1. The van der Waals surface area contributed by atoms with Crippen LogP contribution in [-0.4, -0.2) is 31.2 Å². The second-order valence-corrected chi connectivity index (χ2v) is 5.03. The van der Waals surface area contributed by atoms with Crippen LogP contribution in [0.1, 0.15) is 5.69 Å². The Bertz CT molecular complexity index is 668. The van der Waals surface area contributed by atoms with E-state index in [0.29, 0.717) is 5.69 Å². The largest absolute Gasteiger partial charge is 0.397 e. The molecule has 1 fully saturated rings. The molecule has 106 valence electrons. The van der Waals surface area contributed by atoms with Crippen LogP contribution in [0.5, 0.6) is 0 Å². The Hall–Kier alpha value is -2.74. The first-order chi connectivity index (χ1) is 10.3. The summed E-state index contributed by atoms with van der Waals surface area (Å²) in [4.78, 5) is 8.85. The topological polar surface area (TPSA) is 69.2 Å². The summed E-state index contributed by atoms with van der Waals surface area (Å²) in [7, 11) is 0. The maximum atomic E-state index is 8.93. The van der Waals surface area contributed by atoms with E-state index in [9.17, 15) is 0 Å². The third kappa shape index (κ3) is 2.75. The van der Waals surface area contributed by atoms with Crippen LogP contribution in [0.25, 0.3) is 0 Å². The minimum absolute atomic E-state index is 0.460. The van der Waals surface area contributed by atoms with Crippen LogP contribution >= 0.6 is 0 Å². The van der Waals surface area contributed by atoms with Crippen LogP contribution in [0.2, 0.25) is 0 Å². The lowest BCUT2D eigenvalue weighted by atomic mass is 10.2. The molecule has 5 heteroatoms. The average Bonchev–Trinajstić information content (AvgIpc) is 2.56. The summed E-state index contributed by atoms with van der Waals surface area (Å²) < 4.78 is 0. The monoisotopic (exact) mass is 279 g/mol. The SMILES string of the molecule is N#Cc1cccc(N2CCN(c3ccccc3N)CC2)n1. The Morgan fingerprint density at radius 3 is 2.38 bits per heavy atom. The number of nitrogens with zero attached hydrogens (tertiary/aromatic N) is 4. The summed E-state index contributed by atoms with van der Waals surface area (Å²) in [5.41, 5.74) is 8.40. The van der Waals surface area contributed by atoms with Gasteiger partial charge in [-0.05, 0) is 24.3 Å². The molecular formula is C16H17N5. The van der Waals surface area contributed by atoms with Gasteiger partial charge in [0.2, 0.25) is 0 Å². The number of benzene rings is 1. The molecule has 1 aliphatic heterocycles. The van der Waals surface area contributed by atoms with E-state index in [2.05, 4.69) is 26.9 Å². The van der Waals surface area contributed by atoms with E-state index in [1.54, 1.807) is 6.07 Å². The molecule has 1 saturated heterocycles. The summed E-state index contributed by atoms with van der Waals surface area (Å²) in [6.45, 7) is 3.53.